The minimum atomic E-state index is 0.0820. The van der Waals surface area contributed by atoms with Crippen LogP contribution in [0.25, 0.3) is 5.78 Å². The molecule has 6 rings (SSSR count). The number of H-pyrrole nitrogens is 1. The molecule has 4 aromatic heterocycles. The van der Waals surface area contributed by atoms with Crippen LogP contribution in [0.4, 0.5) is 17.7 Å². The van der Waals surface area contributed by atoms with Gasteiger partial charge in [0.25, 0.3) is 5.78 Å². The highest BCUT2D eigenvalue weighted by molar-refractivity contribution is 6.30. The summed E-state index contributed by atoms with van der Waals surface area (Å²) in [5, 5.41) is 8.01. The van der Waals surface area contributed by atoms with E-state index < -0.39 is 0 Å². The Balaban J connectivity index is 1.16. The van der Waals surface area contributed by atoms with Crippen LogP contribution in [0.5, 0.6) is 0 Å². The maximum Gasteiger partial charge on any atom is 0.256 e. The number of rotatable bonds is 6. The first-order valence-electron chi connectivity index (χ1n) is 10.8. The lowest BCUT2D eigenvalue weighted by Gasteiger charge is -2.39. The molecule has 0 spiro atoms. The molecule has 172 valence electrons. The summed E-state index contributed by atoms with van der Waals surface area (Å²) in [5.41, 5.74) is 2.24. The Morgan fingerprint density at radius 3 is 2.59 bits per heavy atom. The molecule has 0 radical (unpaired) electrons. The number of benzene rings is 1. The van der Waals surface area contributed by atoms with Gasteiger partial charge in [0.05, 0.1) is 18.1 Å². The fourth-order valence-corrected chi connectivity index (χ4v) is 4.40. The molecule has 0 amide bonds. The first-order chi connectivity index (χ1) is 16.7. The first kappa shape index (κ1) is 20.6. The molecule has 12 heteroatoms. The van der Waals surface area contributed by atoms with Crippen molar-refractivity contribution in [1.82, 2.24) is 39.4 Å². The zero-order valence-electron chi connectivity index (χ0n) is 18.0. The van der Waals surface area contributed by atoms with Crippen LogP contribution in [0.15, 0.2) is 66.0 Å². The molecule has 34 heavy (non-hydrogen) atoms. The zero-order valence-corrected chi connectivity index (χ0v) is 18.8. The highest BCUT2D eigenvalue weighted by atomic mass is 35.5. The molecule has 1 atom stereocenters. The summed E-state index contributed by atoms with van der Waals surface area (Å²) in [6.45, 7) is 3.38. The standard InChI is InChI=1S/C22H21ClN10O/c23-16-3-1-15(2-4-16)20(17-11-24-12-25-17)32-9-7-31(8-10-32)19-6-5-18(34-19)30-22-27-13-26-21-28-14-29-33(21)22/h1-6,11-14,20H,7-10H2,(H,24,25)(H,26,27,28,29,30). The number of nitrogens with zero attached hydrogens (tertiary/aromatic N) is 8. The molecule has 1 aliphatic rings. The molecule has 0 aliphatic carbocycles. The largest absolute Gasteiger partial charge is 0.425 e. The third kappa shape index (κ3) is 3.95. The number of imidazole rings is 1. The molecule has 11 nitrogen and oxygen atoms in total. The molecule has 1 saturated heterocycles. The predicted molar refractivity (Wildman–Crippen MR) is 126 cm³/mol. The van der Waals surface area contributed by atoms with Gasteiger partial charge in [0.2, 0.25) is 11.8 Å². The van der Waals surface area contributed by atoms with Crippen molar-refractivity contribution in [3.63, 3.8) is 0 Å². The molecule has 0 bridgehead atoms. The minimum Gasteiger partial charge on any atom is -0.425 e. The fourth-order valence-electron chi connectivity index (χ4n) is 4.27. The van der Waals surface area contributed by atoms with Crippen molar-refractivity contribution in [3.05, 3.63) is 77.9 Å². The van der Waals surface area contributed by atoms with E-state index in [1.165, 1.54) is 22.7 Å². The van der Waals surface area contributed by atoms with Crippen molar-refractivity contribution in [3.8, 4) is 0 Å². The molecule has 1 fully saturated rings. The van der Waals surface area contributed by atoms with Gasteiger partial charge in [-0.25, -0.2) is 9.97 Å². The number of hydrogen-bond donors (Lipinski definition) is 2. The monoisotopic (exact) mass is 476 g/mol. The number of piperazine rings is 1. The topological polar surface area (TPSA) is 116 Å². The fraction of sp³-hybridized carbons (Fsp3) is 0.227. The number of nitrogens with one attached hydrogen (secondary N) is 2. The summed E-state index contributed by atoms with van der Waals surface area (Å²) in [7, 11) is 0. The summed E-state index contributed by atoms with van der Waals surface area (Å²) < 4.78 is 7.58. The summed E-state index contributed by atoms with van der Waals surface area (Å²) >= 11 is 6.12. The molecular formula is C22H21ClN10O. The Labute approximate surface area is 199 Å². The molecule has 5 heterocycles. The van der Waals surface area contributed by atoms with Gasteiger partial charge in [-0.2, -0.15) is 19.6 Å². The average Bonchev–Trinajstić information content (AvgIpc) is 3.64. The SMILES string of the molecule is Clc1ccc(C(c2cnc[nH]2)N2CCN(c3ccc(Nc4ncnc5ncnn45)o3)CC2)cc1. The molecule has 0 saturated carbocycles. The normalized spacial score (nSPS) is 15.6. The van der Waals surface area contributed by atoms with Crippen LogP contribution in [0.1, 0.15) is 17.3 Å². The maximum absolute atomic E-state index is 6.12. The lowest BCUT2D eigenvalue weighted by molar-refractivity contribution is 0.207. The Morgan fingerprint density at radius 1 is 0.971 bits per heavy atom. The van der Waals surface area contributed by atoms with E-state index in [-0.39, 0.29) is 6.04 Å². The third-order valence-corrected chi connectivity index (χ3v) is 6.15. The van der Waals surface area contributed by atoms with Crippen molar-refractivity contribution in [2.24, 2.45) is 0 Å². The number of fused-ring (bicyclic) bond motifs is 1. The van der Waals surface area contributed by atoms with Crippen LogP contribution in [0.3, 0.4) is 0 Å². The van der Waals surface area contributed by atoms with Crippen molar-refractivity contribution in [2.45, 2.75) is 6.04 Å². The van der Waals surface area contributed by atoms with Crippen molar-refractivity contribution in [2.75, 3.05) is 36.4 Å². The smallest absolute Gasteiger partial charge is 0.256 e. The number of aromatic amines is 1. The van der Waals surface area contributed by atoms with Gasteiger partial charge in [-0.15, -0.1) is 0 Å². The van der Waals surface area contributed by atoms with Crippen LogP contribution < -0.4 is 10.2 Å². The Hall–Kier alpha value is -3.96. The summed E-state index contributed by atoms with van der Waals surface area (Å²) in [4.78, 5) is 24.6. The van der Waals surface area contributed by atoms with E-state index >= 15 is 0 Å². The number of halogens is 1. The second-order valence-electron chi connectivity index (χ2n) is 7.92. The minimum absolute atomic E-state index is 0.0820. The zero-order chi connectivity index (χ0) is 22.9. The molecule has 2 N–H and O–H groups in total. The molecule has 1 aliphatic heterocycles. The van der Waals surface area contributed by atoms with Gasteiger partial charge in [-0.3, -0.25) is 10.2 Å². The quantitative estimate of drug-likeness (QED) is 0.381. The van der Waals surface area contributed by atoms with Crippen molar-refractivity contribution < 1.29 is 4.42 Å². The molecular weight excluding hydrogens is 456 g/mol. The Morgan fingerprint density at radius 2 is 1.79 bits per heavy atom. The number of aromatic nitrogens is 7. The molecule has 1 unspecified atom stereocenters. The Kier molecular flexibility index (Phi) is 5.32. The summed E-state index contributed by atoms with van der Waals surface area (Å²) in [6.07, 6.45) is 6.47. The van der Waals surface area contributed by atoms with Crippen molar-refractivity contribution in [1.29, 1.82) is 0 Å². The van der Waals surface area contributed by atoms with Gasteiger partial charge in [-0.05, 0) is 17.7 Å². The van der Waals surface area contributed by atoms with E-state index in [2.05, 4.69) is 57.3 Å². The maximum atomic E-state index is 6.12. The number of anilines is 3. The van der Waals surface area contributed by atoms with Crippen molar-refractivity contribution >= 4 is 35.1 Å². The van der Waals surface area contributed by atoms with E-state index in [4.69, 9.17) is 16.0 Å². The van der Waals surface area contributed by atoms with Crippen LogP contribution in [0, 0.1) is 0 Å². The van der Waals surface area contributed by atoms with Crippen LogP contribution in [-0.4, -0.2) is 65.6 Å². The Bertz CT molecular complexity index is 1370. The van der Waals surface area contributed by atoms with E-state index in [0.717, 1.165) is 42.8 Å². The molecule has 5 aromatic rings. The summed E-state index contributed by atoms with van der Waals surface area (Å²) in [5.74, 6) is 2.33. The second kappa shape index (κ2) is 8.76. The lowest BCUT2D eigenvalue weighted by Crippen LogP contribution is -2.48. The first-order valence-corrected chi connectivity index (χ1v) is 11.2. The van der Waals surface area contributed by atoms with E-state index in [1.54, 1.807) is 6.33 Å². The van der Waals surface area contributed by atoms with Gasteiger partial charge in [-0.1, -0.05) is 23.7 Å². The highest BCUT2D eigenvalue weighted by Crippen LogP contribution is 2.31. The van der Waals surface area contributed by atoms with Gasteiger partial charge in [0.1, 0.15) is 12.7 Å². The van der Waals surface area contributed by atoms with E-state index in [0.29, 0.717) is 17.6 Å². The highest BCUT2D eigenvalue weighted by Gasteiger charge is 2.28. The second-order valence-corrected chi connectivity index (χ2v) is 8.35. The molecule has 1 aromatic carbocycles. The van der Waals surface area contributed by atoms with Gasteiger partial charge >= 0.3 is 0 Å². The average molecular weight is 477 g/mol. The van der Waals surface area contributed by atoms with Crippen LogP contribution in [0.2, 0.25) is 5.02 Å². The van der Waals surface area contributed by atoms with E-state index in [9.17, 15) is 0 Å². The van der Waals surface area contributed by atoms with Crippen LogP contribution in [-0.2, 0) is 0 Å². The van der Waals surface area contributed by atoms with Gasteiger partial charge in [0.15, 0.2) is 5.88 Å². The lowest BCUT2D eigenvalue weighted by atomic mass is 10.0. The predicted octanol–water partition coefficient (Wildman–Crippen LogP) is 3.14. The number of hydrogen-bond acceptors (Lipinski definition) is 9. The van der Waals surface area contributed by atoms with Gasteiger partial charge < -0.3 is 14.3 Å². The third-order valence-electron chi connectivity index (χ3n) is 5.90. The van der Waals surface area contributed by atoms with E-state index in [1.807, 2.05) is 30.5 Å². The number of furan rings is 1. The van der Waals surface area contributed by atoms with Gasteiger partial charge in [0, 0.05) is 49.5 Å². The summed E-state index contributed by atoms with van der Waals surface area (Å²) in [6, 6.07) is 11.9. The van der Waals surface area contributed by atoms with Crippen LogP contribution >= 0.6 is 11.6 Å².